The number of benzene rings is 2. The van der Waals surface area contributed by atoms with Gasteiger partial charge >= 0.3 is 0 Å². The molecule has 0 aliphatic rings. The highest BCUT2D eigenvalue weighted by Gasteiger charge is 2.15. The van der Waals surface area contributed by atoms with Crippen LogP contribution in [-0.4, -0.2) is 15.9 Å². The quantitative estimate of drug-likeness (QED) is 0.686. The third-order valence-corrected chi connectivity index (χ3v) is 3.51. The summed E-state index contributed by atoms with van der Waals surface area (Å²) in [6, 6.07) is 10.2. The van der Waals surface area contributed by atoms with Gasteiger partial charge in [-0.25, -0.2) is 23.1 Å². The third-order valence-electron chi connectivity index (χ3n) is 3.51. The molecule has 3 aromatic rings. The van der Waals surface area contributed by atoms with Crippen molar-refractivity contribution in [2.24, 2.45) is 0 Å². The normalized spacial score (nSPS) is 10.5. The first-order valence-corrected chi connectivity index (χ1v) is 7.54. The van der Waals surface area contributed by atoms with Gasteiger partial charge in [0.15, 0.2) is 17.5 Å². The number of carbonyl (C=O) groups is 1. The molecular formula is C18H13F3N4O. The molecule has 0 bridgehead atoms. The molecule has 0 aliphatic carbocycles. The molecule has 0 radical (unpaired) electrons. The zero-order chi connectivity index (χ0) is 18.7. The van der Waals surface area contributed by atoms with Gasteiger partial charge in [-0.1, -0.05) is 17.7 Å². The van der Waals surface area contributed by atoms with Crippen molar-refractivity contribution in [3.05, 3.63) is 77.5 Å². The van der Waals surface area contributed by atoms with Crippen molar-refractivity contribution in [3.63, 3.8) is 0 Å². The molecule has 1 heterocycles. The second-order valence-electron chi connectivity index (χ2n) is 5.46. The molecule has 8 heteroatoms. The van der Waals surface area contributed by atoms with Crippen LogP contribution in [0.5, 0.6) is 0 Å². The number of amides is 1. The number of rotatable bonds is 4. The molecule has 3 rings (SSSR count). The van der Waals surface area contributed by atoms with Crippen molar-refractivity contribution in [2.45, 2.75) is 6.92 Å². The van der Waals surface area contributed by atoms with E-state index in [1.54, 1.807) is 12.1 Å². The Morgan fingerprint density at radius 1 is 0.962 bits per heavy atom. The van der Waals surface area contributed by atoms with Crippen LogP contribution in [0.2, 0.25) is 0 Å². The lowest BCUT2D eigenvalue weighted by Crippen LogP contribution is -2.14. The van der Waals surface area contributed by atoms with E-state index < -0.39 is 23.4 Å². The predicted molar refractivity (Wildman–Crippen MR) is 90.8 cm³/mol. The van der Waals surface area contributed by atoms with E-state index in [1.165, 1.54) is 6.07 Å². The van der Waals surface area contributed by atoms with Crippen molar-refractivity contribution in [1.29, 1.82) is 0 Å². The fraction of sp³-hybridized carbons (Fsp3) is 0.0556. The lowest BCUT2D eigenvalue weighted by molar-refractivity contribution is 0.102. The number of nitrogens with one attached hydrogen (secondary N) is 2. The Bertz CT molecular complexity index is 961. The van der Waals surface area contributed by atoms with E-state index in [0.717, 1.165) is 24.0 Å². The summed E-state index contributed by atoms with van der Waals surface area (Å²) in [6.45, 7) is 1.92. The summed E-state index contributed by atoms with van der Waals surface area (Å²) in [7, 11) is 0. The van der Waals surface area contributed by atoms with Gasteiger partial charge in [-0.3, -0.25) is 4.79 Å². The van der Waals surface area contributed by atoms with Crippen molar-refractivity contribution in [1.82, 2.24) is 9.97 Å². The Labute approximate surface area is 146 Å². The average Bonchev–Trinajstić information content (AvgIpc) is 2.64. The van der Waals surface area contributed by atoms with Crippen molar-refractivity contribution in [2.75, 3.05) is 10.6 Å². The van der Waals surface area contributed by atoms with Gasteiger partial charge < -0.3 is 10.6 Å². The van der Waals surface area contributed by atoms with E-state index in [1.807, 2.05) is 19.1 Å². The minimum absolute atomic E-state index is 0.0195. The Kier molecular flexibility index (Phi) is 4.83. The zero-order valence-electron chi connectivity index (χ0n) is 13.6. The Morgan fingerprint density at radius 2 is 1.69 bits per heavy atom. The van der Waals surface area contributed by atoms with Crippen LogP contribution in [0.1, 0.15) is 16.1 Å². The standard InChI is InChI=1S/C18H13F3N4O/c1-10-2-4-11(5-3-10)24-18(26)14-8-15(23-9-22-14)25-13-7-6-12(19)16(20)17(13)21/h2-9H,1H3,(H,24,26)(H,22,23,25). The molecule has 0 unspecified atom stereocenters. The molecular weight excluding hydrogens is 345 g/mol. The molecule has 26 heavy (non-hydrogen) atoms. The largest absolute Gasteiger partial charge is 0.338 e. The fourth-order valence-electron chi connectivity index (χ4n) is 2.14. The summed E-state index contributed by atoms with van der Waals surface area (Å²) < 4.78 is 40.0. The molecule has 1 aromatic heterocycles. The van der Waals surface area contributed by atoms with E-state index >= 15 is 0 Å². The topological polar surface area (TPSA) is 66.9 Å². The first-order chi connectivity index (χ1) is 12.4. The summed E-state index contributed by atoms with van der Waals surface area (Å²) in [5.41, 5.74) is 1.34. The number of halogens is 3. The van der Waals surface area contributed by atoms with Gasteiger partial charge in [-0.15, -0.1) is 0 Å². The zero-order valence-corrected chi connectivity index (χ0v) is 13.6. The third kappa shape index (κ3) is 3.80. The summed E-state index contributed by atoms with van der Waals surface area (Å²) >= 11 is 0. The monoisotopic (exact) mass is 358 g/mol. The second kappa shape index (κ2) is 7.22. The molecule has 132 valence electrons. The van der Waals surface area contributed by atoms with Crippen LogP contribution in [0.4, 0.5) is 30.4 Å². The minimum Gasteiger partial charge on any atom is -0.338 e. The van der Waals surface area contributed by atoms with Crippen LogP contribution in [0.15, 0.2) is 48.8 Å². The van der Waals surface area contributed by atoms with Crippen LogP contribution in [0, 0.1) is 24.4 Å². The van der Waals surface area contributed by atoms with E-state index in [4.69, 9.17) is 0 Å². The maximum atomic E-state index is 13.7. The van der Waals surface area contributed by atoms with Crippen molar-refractivity contribution < 1.29 is 18.0 Å². The van der Waals surface area contributed by atoms with Crippen LogP contribution < -0.4 is 10.6 Å². The van der Waals surface area contributed by atoms with Crippen molar-refractivity contribution in [3.8, 4) is 0 Å². The van der Waals surface area contributed by atoms with E-state index in [0.29, 0.717) is 5.69 Å². The molecule has 2 aromatic carbocycles. The fourth-order valence-corrected chi connectivity index (χ4v) is 2.14. The number of hydrogen-bond acceptors (Lipinski definition) is 4. The van der Waals surface area contributed by atoms with Crippen molar-refractivity contribution >= 4 is 23.1 Å². The molecule has 2 N–H and O–H groups in total. The predicted octanol–water partition coefficient (Wildman–Crippen LogP) is 4.20. The van der Waals surface area contributed by atoms with Gasteiger partial charge in [0.25, 0.3) is 5.91 Å². The minimum atomic E-state index is -1.60. The van der Waals surface area contributed by atoms with Gasteiger partial charge in [0.2, 0.25) is 0 Å². The van der Waals surface area contributed by atoms with Gasteiger partial charge in [0.05, 0.1) is 5.69 Å². The van der Waals surface area contributed by atoms with Crippen LogP contribution in [-0.2, 0) is 0 Å². The lowest BCUT2D eigenvalue weighted by atomic mass is 10.2. The molecule has 0 aliphatic heterocycles. The summed E-state index contributed by atoms with van der Waals surface area (Å²) in [5, 5.41) is 5.16. The average molecular weight is 358 g/mol. The number of anilines is 3. The number of aryl methyl sites for hydroxylation is 1. The van der Waals surface area contributed by atoms with Gasteiger partial charge in [0.1, 0.15) is 17.8 Å². The van der Waals surface area contributed by atoms with Crippen LogP contribution in [0.3, 0.4) is 0 Å². The number of aromatic nitrogens is 2. The summed E-state index contributed by atoms with van der Waals surface area (Å²) in [6.07, 6.45) is 1.10. The van der Waals surface area contributed by atoms with Gasteiger partial charge in [-0.05, 0) is 31.2 Å². The Hall–Kier alpha value is -3.42. The maximum absolute atomic E-state index is 13.7. The first-order valence-electron chi connectivity index (χ1n) is 7.54. The summed E-state index contributed by atoms with van der Waals surface area (Å²) in [5.74, 6) is -4.71. The number of nitrogens with zero attached hydrogens (tertiary/aromatic N) is 2. The Morgan fingerprint density at radius 3 is 2.42 bits per heavy atom. The number of hydrogen-bond donors (Lipinski definition) is 2. The first kappa shape index (κ1) is 17.4. The second-order valence-corrected chi connectivity index (χ2v) is 5.46. The molecule has 0 spiro atoms. The molecule has 0 atom stereocenters. The smallest absolute Gasteiger partial charge is 0.274 e. The summed E-state index contributed by atoms with van der Waals surface area (Å²) in [4.78, 5) is 20.0. The highest BCUT2D eigenvalue weighted by molar-refractivity contribution is 6.03. The number of carbonyl (C=O) groups excluding carboxylic acids is 1. The highest BCUT2D eigenvalue weighted by atomic mass is 19.2. The molecule has 0 saturated heterocycles. The Balaban J connectivity index is 1.79. The molecule has 0 fully saturated rings. The molecule has 0 saturated carbocycles. The van der Waals surface area contributed by atoms with Crippen LogP contribution in [0.25, 0.3) is 0 Å². The SMILES string of the molecule is Cc1ccc(NC(=O)c2cc(Nc3ccc(F)c(F)c3F)ncn2)cc1. The molecule has 5 nitrogen and oxygen atoms in total. The van der Waals surface area contributed by atoms with E-state index in [9.17, 15) is 18.0 Å². The lowest BCUT2D eigenvalue weighted by Gasteiger charge is -2.09. The van der Waals surface area contributed by atoms with E-state index in [2.05, 4.69) is 20.6 Å². The van der Waals surface area contributed by atoms with Gasteiger partial charge in [0, 0.05) is 11.8 Å². The van der Waals surface area contributed by atoms with E-state index in [-0.39, 0.29) is 17.2 Å². The van der Waals surface area contributed by atoms with Gasteiger partial charge in [-0.2, -0.15) is 0 Å². The maximum Gasteiger partial charge on any atom is 0.274 e. The molecule has 1 amide bonds. The van der Waals surface area contributed by atoms with Crippen LogP contribution >= 0.6 is 0 Å². The highest BCUT2D eigenvalue weighted by Crippen LogP contribution is 2.22.